The van der Waals surface area contributed by atoms with Crippen LogP contribution in [0, 0.1) is 49.6 Å². The van der Waals surface area contributed by atoms with E-state index in [9.17, 15) is 18.4 Å². The lowest BCUT2D eigenvalue weighted by molar-refractivity contribution is 0.313. The molecular weight excluding hydrogens is 631 g/mol. The van der Waals surface area contributed by atoms with Crippen LogP contribution in [0.5, 0.6) is 11.6 Å². The van der Waals surface area contributed by atoms with Crippen molar-refractivity contribution in [3.8, 4) is 17.7 Å². The number of hydrogen-bond donors (Lipinski definition) is 3. The molecule has 49 heavy (non-hydrogen) atoms. The van der Waals surface area contributed by atoms with Gasteiger partial charge in [-0.1, -0.05) is 19.9 Å². The van der Waals surface area contributed by atoms with Crippen molar-refractivity contribution in [2.75, 3.05) is 43.4 Å². The third kappa shape index (κ3) is 7.60. The molecule has 0 saturated carbocycles. The molecule has 254 valence electrons. The highest BCUT2D eigenvalue weighted by molar-refractivity contribution is 5.84. The number of nitrogens with zero attached hydrogens (tertiary/aromatic N) is 6. The molecule has 1 fully saturated rings. The summed E-state index contributed by atoms with van der Waals surface area (Å²) in [6, 6.07) is 13.4. The molecule has 0 spiro atoms. The highest BCUT2D eigenvalue weighted by Crippen LogP contribution is 2.34. The van der Waals surface area contributed by atoms with Crippen LogP contribution in [-0.4, -0.2) is 63.0 Å². The lowest BCUT2D eigenvalue weighted by Crippen LogP contribution is -2.44. The van der Waals surface area contributed by atoms with Crippen LogP contribution < -0.4 is 15.0 Å². The molecule has 1 aliphatic rings. The summed E-state index contributed by atoms with van der Waals surface area (Å²) in [6.45, 7) is 13.4. The molecule has 4 aromatic heterocycles. The SMILES string of the molecule is CC.Cc1cc2c(C)ccc(F)c2[nH]1.Cc1cc2c(F)c(Oc3ncnc(Nc4ccc(N5CCN(C)CC5)cn4)c3C#N)cc(F)c2[nH]1. The Hall–Kier alpha value is -5.61. The Kier molecular flexibility index (Phi) is 10.7. The standard InChI is InChI=1S/C24H22F2N8O.C10H10FN.C2H6/c1-14-9-16-21(26)19(10-18(25)22(16)31-14)35-24-17(11-27)23(29-13-30-24)32-20-4-3-15(12-28-20)34-7-5-33(2)6-8-34;1-6-3-4-9(11)10-8(6)5-7(2)12-10;1-2/h3-4,9-10,12-13,31H,5-8H2,1-2H3,(H,28,29,30,32);3-5,12H,1-2H3;1-2H3. The van der Waals surface area contributed by atoms with Crippen molar-refractivity contribution in [3.05, 3.63) is 95.0 Å². The van der Waals surface area contributed by atoms with Gasteiger partial charge in [0.05, 0.1) is 22.9 Å². The van der Waals surface area contributed by atoms with Crippen LogP contribution >= 0.6 is 0 Å². The molecular formula is C36H38F3N9O. The average Bonchev–Trinajstić information content (AvgIpc) is 3.71. The number of H-pyrrole nitrogens is 2. The van der Waals surface area contributed by atoms with Crippen LogP contribution in [0.4, 0.5) is 30.5 Å². The topological polar surface area (TPSA) is 122 Å². The number of benzene rings is 2. The van der Waals surface area contributed by atoms with Gasteiger partial charge in [-0.2, -0.15) is 5.26 Å². The summed E-state index contributed by atoms with van der Waals surface area (Å²) in [4.78, 5) is 22.8. The van der Waals surface area contributed by atoms with Gasteiger partial charge in [-0.15, -0.1) is 0 Å². The molecule has 0 atom stereocenters. The summed E-state index contributed by atoms with van der Waals surface area (Å²) in [5.41, 5.74) is 4.31. The molecule has 1 aliphatic heterocycles. The Morgan fingerprint density at radius 1 is 0.837 bits per heavy atom. The van der Waals surface area contributed by atoms with Crippen molar-refractivity contribution in [2.24, 2.45) is 0 Å². The van der Waals surface area contributed by atoms with E-state index in [0.29, 0.717) is 17.0 Å². The molecule has 5 heterocycles. The van der Waals surface area contributed by atoms with Crippen molar-refractivity contribution in [1.29, 1.82) is 5.26 Å². The molecule has 13 heteroatoms. The number of piperazine rings is 1. The van der Waals surface area contributed by atoms with E-state index >= 15 is 0 Å². The van der Waals surface area contributed by atoms with E-state index in [1.807, 2.05) is 45.9 Å². The number of aromatic amines is 2. The number of aromatic nitrogens is 5. The first-order valence-electron chi connectivity index (χ1n) is 15.9. The van der Waals surface area contributed by atoms with Gasteiger partial charge < -0.3 is 29.8 Å². The quantitative estimate of drug-likeness (QED) is 0.169. The summed E-state index contributed by atoms with van der Waals surface area (Å²) in [5.74, 6) is -1.61. The van der Waals surface area contributed by atoms with Crippen molar-refractivity contribution in [1.82, 2.24) is 29.8 Å². The van der Waals surface area contributed by atoms with Gasteiger partial charge in [0.1, 0.15) is 24.0 Å². The Morgan fingerprint density at radius 3 is 2.14 bits per heavy atom. The fourth-order valence-electron chi connectivity index (χ4n) is 5.45. The average molecular weight is 670 g/mol. The third-order valence-electron chi connectivity index (χ3n) is 7.99. The number of nitriles is 1. The third-order valence-corrected chi connectivity index (χ3v) is 7.99. The minimum absolute atomic E-state index is 0.0454. The van der Waals surface area contributed by atoms with Gasteiger partial charge in [0.15, 0.2) is 28.8 Å². The molecule has 7 rings (SSSR count). The summed E-state index contributed by atoms with van der Waals surface area (Å²) in [5, 5.41) is 13.7. The second-order valence-corrected chi connectivity index (χ2v) is 11.5. The van der Waals surface area contributed by atoms with Gasteiger partial charge in [-0.3, -0.25) is 0 Å². The van der Waals surface area contributed by atoms with Gasteiger partial charge in [0.25, 0.3) is 0 Å². The maximum Gasteiger partial charge on any atom is 0.242 e. The summed E-state index contributed by atoms with van der Waals surface area (Å²) in [7, 11) is 2.10. The Morgan fingerprint density at radius 2 is 1.51 bits per heavy atom. The molecule has 0 bridgehead atoms. The normalized spacial score (nSPS) is 12.9. The Labute approximate surface area is 282 Å². The number of ether oxygens (including phenoxy) is 1. The lowest BCUT2D eigenvalue weighted by Gasteiger charge is -2.33. The first-order valence-corrected chi connectivity index (χ1v) is 15.9. The molecule has 10 nitrogen and oxygen atoms in total. The summed E-state index contributed by atoms with van der Waals surface area (Å²) in [6.07, 6.45) is 2.93. The number of nitrogens with one attached hydrogen (secondary N) is 3. The number of likely N-dealkylation sites (N-methyl/N-ethyl adjacent to an activating group) is 1. The largest absolute Gasteiger partial charge is 0.434 e. The number of halogens is 3. The van der Waals surface area contributed by atoms with Crippen LogP contribution in [0.25, 0.3) is 21.8 Å². The minimum Gasteiger partial charge on any atom is -0.434 e. The number of anilines is 3. The highest BCUT2D eigenvalue weighted by Gasteiger charge is 2.20. The zero-order valence-corrected chi connectivity index (χ0v) is 28.3. The predicted molar refractivity (Wildman–Crippen MR) is 186 cm³/mol. The Bertz CT molecular complexity index is 2070. The fraction of sp³-hybridized carbons (Fsp3) is 0.278. The van der Waals surface area contributed by atoms with Crippen molar-refractivity contribution in [3.63, 3.8) is 0 Å². The fourth-order valence-corrected chi connectivity index (χ4v) is 5.45. The van der Waals surface area contributed by atoms with Gasteiger partial charge in [0.2, 0.25) is 5.88 Å². The van der Waals surface area contributed by atoms with Gasteiger partial charge in [-0.05, 0) is 63.7 Å². The van der Waals surface area contributed by atoms with Gasteiger partial charge in [-0.25, -0.2) is 28.1 Å². The molecule has 2 aromatic carbocycles. The number of aryl methyl sites for hydroxylation is 3. The van der Waals surface area contributed by atoms with E-state index in [1.54, 1.807) is 25.3 Å². The van der Waals surface area contributed by atoms with Crippen molar-refractivity contribution < 1.29 is 17.9 Å². The molecule has 6 aromatic rings. The summed E-state index contributed by atoms with van der Waals surface area (Å²) < 4.78 is 48.1. The van der Waals surface area contributed by atoms with Crippen LogP contribution in [0.2, 0.25) is 0 Å². The zero-order chi connectivity index (χ0) is 35.2. The molecule has 0 radical (unpaired) electrons. The second-order valence-electron chi connectivity index (χ2n) is 11.5. The second kappa shape index (κ2) is 15.1. The summed E-state index contributed by atoms with van der Waals surface area (Å²) >= 11 is 0. The number of fused-ring (bicyclic) bond motifs is 2. The highest BCUT2D eigenvalue weighted by atomic mass is 19.1. The Balaban J connectivity index is 0.000000279. The predicted octanol–water partition coefficient (Wildman–Crippen LogP) is 8.05. The minimum atomic E-state index is -0.760. The lowest BCUT2D eigenvalue weighted by atomic mass is 10.1. The van der Waals surface area contributed by atoms with E-state index < -0.39 is 11.6 Å². The number of hydrogen-bond acceptors (Lipinski definition) is 8. The molecule has 0 aliphatic carbocycles. The van der Waals surface area contributed by atoms with E-state index in [4.69, 9.17) is 4.74 Å². The smallest absolute Gasteiger partial charge is 0.242 e. The molecule has 0 amide bonds. The van der Waals surface area contributed by atoms with Crippen LogP contribution in [0.15, 0.2) is 55.0 Å². The molecule has 3 N–H and O–H groups in total. The first kappa shape index (κ1) is 34.7. The van der Waals surface area contributed by atoms with Crippen LogP contribution in [0.1, 0.15) is 36.4 Å². The molecule has 1 saturated heterocycles. The first-order chi connectivity index (χ1) is 23.6. The van der Waals surface area contributed by atoms with E-state index in [1.165, 1.54) is 18.5 Å². The number of pyridine rings is 1. The molecule has 0 unspecified atom stereocenters. The van der Waals surface area contributed by atoms with Gasteiger partial charge >= 0.3 is 0 Å². The maximum absolute atomic E-state index is 15.0. The van der Waals surface area contributed by atoms with Gasteiger partial charge in [0, 0.05) is 54.4 Å². The van der Waals surface area contributed by atoms with Crippen molar-refractivity contribution in [2.45, 2.75) is 34.6 Å². The van der Waals surface area contributed by atoms with Crippen LogP contribution in [0.3, 0.4) is 0 Å². The van der Waals surface area contributed by atoms with E-state index in [-0.39, 0.29) is 39.7 Å². The van der Waals surface area contributed by atoms with E-state index in [0.717, 1.165) is 54.6 Å². The zero-order valence-electron chi connectivity index (χ0n) is 28.3. The maximum atomic E-state index is 15.0. The monoisotopic (exact) mass is 669 g/mol. The van der Waals surface area contributed by atoms with Crippen LogP contribution in [-0.2, 0) is 0 Å². The number of rotatable bonds is 5. The van der Waals surface area contributed by atoms with Crippen molar-refractivity contribution >= 4 is 39.1 Å². The van der Waals surface area contributed by atoms with E-state index in [2.05, 4.69) is 47.1 Å².